The summed E-state index contributed by atoms with van der Waals surface area (Å²) in [5, 5.41) is 6.09. The summed E-state index contributed by atoms with van der Waals surface area (Å²) in [4.78, 5) is 15.7. The summed E-state index contributed by atoms with van der Waals surface area (Å²) in [5.74, 6) is -0.759. The first-order valence-electron chi connectivity index (χ1n) is 9.22. The number of benzene rings is 2. The van der Waals surface area contributed by atoms with Crippen LogP contribution in [0.25, 0.3) is 0 Å². The molecule has 0 radical (unpaired) electrons. The first-order chi connectivity index (χ1) is 14.6. The van der Waals surface area contributed by atoms with E-state index in [1.54, 1.807) is 25.1 Å². The zero-order valence-corrected chi connectivity index (χ0v) is 17.1. The Hall–Kier alpha value is -3.13. The summed E-state index contributed by atoms with van der Waals surface area (Å²) in [7, 11) is 0. The highest BCUT2D eigenvalue weighted by Crippen LogP contribution is 2.31. The van der Waals surface area contributed by atoms with Crippen molar-refractivity contribution in [1.82, 2.24) is 4.98 Å². The van der Waals surface area contributed by atoms with E-state index < -0.39 is 17.7 Å². The van der Waals surface area contributed by atoms with E-state index in [-0.39, 0.29) is 18.9 Å². The third kappa shape index (κ3) is 6.18. The van der Waals surface area contributed by atoms with E-state index in [1.807, 2.05) is 0 Å². The average Bonchev–Trinajstić information content (AvgIpc) is 2.69. The molecular weight excluding hydrogens is 434 g/mol. The second-order valence-corrected chi connectivity index (χ2v) is 7.32. The van der Waals surface area contributed by atoms with Gasteiger partial charge in [0, 0.05) is 18.4 Å². The van der Waals surface area contributed by atoms with E-state index in [1.165, 1.54) is 24.3 Å². The van der Waals surface area contributed by atoms with Crippen molar-refractivity contribution in [1.29, 1.82) is 0 Å². The molecule has 2 N–H and O–H groups in total. The molecule has 0 saturated heterocycles. The number of aromatic nitrogens is 1. The number of carbonyl (C=O) groups is 1. The normalized spacial score (nSPS) is 11.3. The van der Waals surface area contributed by atoms with E-state index in [9.17, 15) is 22.4 Å². The molecule has 0 fully saturated rings. The predicted octanol–water partition coefficient (Wildman–Crippen LogP) is 5.99. The minimum atomic E-state index is -4.48. The van der Waals surface area contributed by atoms with Crippen LogP contribution in [0.15, 0.2) is 54.7 Å². The summed E-state index contributed by atoms with van der Waals surface area (Å²) in [5.41, 5.74) is 1.90. The molecule has 0 unspecified atom stereocenters. The highest BCUT2D eigenvalue weighted by Gasteiger charge is 2.31. The molecule has 0 aliphatic carbocycles. The van der Waals surface area contributed by atoms with Gasteiger partial charge in [-0.05, 0) is 53.9 Å². The topological polar surface area (TPSA) is 54.0 Å². The van der Waals surface area contributed by atoms with Crippen LogP contribution in [0.3, 0.4) is 0 Å². The minimum absolute atomic E-state index is 0.00550. The third-order valence-corrected chi connectivity index (χ3v) is 4.72. The Morgan fingerprint density at radius 2 is 1.87 bits per heavy atom. The number of pyridine rings is 1. The maximum atomic E-state index is 13.3. The molecule has 3 aromatic rings. The Balaban J connectivity index is 1.64. The number of nitrogens with zero attached hydrogens (tertiary/aromatic N) is 1. The van der Waals surface area contributed by atoms with Crippen LogP contribution in [-0.2, 0) is 23.9 Å². The maximum absolute atomic E-state index is 13.3. The lowest BCUT2D eigenvalue weighted by atomic mass is 10.1. The number of amides is 1. The van der Waals surface area contributed by atoms with Crippen molar-refractivity contribution in [2.45, 2.75) is 26.1 Å². The van der Waals surface area contributed by atoms with Gasteiger partial charge in [0.05, 0.1) is 17.1 Å². The van der Waals surface area contributed by atoms with Crippen LogP contribution in [-0.4, -0.2) is 10.9 Å². The number of halogens is 5. The molecule has 162 valence electrons. The summed E-state index contributed by atoms with van der Waals surface area (Å²) in [6.07, 6.45) is -3.33. The first kappa shape index (κ1) is 22.6. The standard InChI is InChI=1S/C22H18ClF4N3O/c1-13-7-17(28-11-15-5-6-19(29-12-15)22(25,26)27)10-18(23)21(13)30-20(31)9-14-3-2-4-16(24)8-14/h2-8,10,12,28H,9,11H2,1H3,(H,30,31). The van der Waals surface area contributed by atoms with Crippen LogP contribution in [0.1, 0.15) is 22.4 Å². The molecule has 0 saturated carbocycles. The van der Waals surface area contributed by atoms with Crippen LogP contribution < -0.4 is 10.6 Å². The lowest BCUT2D eigenvalue weighted by molar-refractivity contribution is -0.141. The van der Waals surface area contributed by atoms with Crippen molar-refractivity contribution < 1.29 is 22.4 Å². The van der Waals surface area contributed by atoms with E-state index in [0.717, 1.165) is 12.3 Å². The van der Waals surface area contributed by atoms with Gasteiger partial charge in [-0.3, -0.25) is 9.78 Å². The number of aryl methyl sites for hydroxylation is 1. The Labute approximate surface area is 181 Å². The molecule has 0 aliphatic heterocycles. The van der Waals surface area contributed by atoms with E-state index in [4.69, 9.17) is 11.6 Å². The Bertz CT molecular complexity index is 1060. The second-order valence-electron chi connectivity index (χ2n) is 6.91. The number of alkyl halides is 3. The molecule has 0 bridgehead atoms. The molecule has 1 aromatic heterocycles. The first-order valence-corrected chi connectivity index (χ1v) is 9.60. The quantitative estimate of drug-likeness (QED) is 0.452. The molecular formula is C22H18ClF4N3O. The van der Waals surface area contributed by atoms with Gasteiger partial charge in [-0.1, -0.05) is 29.8 Å². The number of anilines is 2. The van der Waals surface area contributed by atoms with Gasteiger partial charge in [0.25, 0.3) is 0 Å². The number of nitrogens with one attached hydrogen (secondary N) is 2. The van der Waals surface area contributed by atoms with Crippen molar-refractivity contribution in [2.75, 3.05) is 10.6 Å². The Morgan fingerprint density at radius 3 is 2.48 bits per heavy atom. The summed E-state index contributed by atoms with van der Waals surface area (Å²) in [6, 6.07) is 11.4. The van der Waals surface area contributed by atoms with Crippen molar-refractivity contribution in [3.05, 3.63) is 88.0 Å². The lowest BCUT2D eigenvalue weighted by Crippen LogP contribution is -2.16. The molecule has 2 aromatic carbocycles. The molecule has 4 nitrogen and oxygen atoms in total. The van der Waals surface area contributed by atoms with Crippen molar-refractivity contribution >= 4 is 28.9 Å². The highest BCUT2D eigenvalue weighted by molar-refractivity contribution is 6.34. The molecule has 3 rings (SSSR count). The van der Waals surface area contributed by atoms with Gasteiger partial charge in [-0.2, -0.15) is 13.2 Å². The van der Waals surface area contributed by atoms with E-state index in [2.05, 4.69) is 15.6 Å². The number of hydrogen-bond donors (Lipinski definition) is 2. The molecule has 0 aliphatic rings. The largest absolute Gasteiger partial charge is 0.433 e. The average molecular weight is 452 g/mol. The fourth-order valence-corrected chi connectivity index (χ4v) is 3.24. The van der Waals surface area contributed by atoms with Crippen LogP contribution in [0.5, 0.6) is 0 Å². The SMILES string of the molecule is Cc1cc(NCc2ccc(C(F)(F)F)nc2)cc(Cl)c1NC(=O)Cc1cccc(F)c1. The van der Waals surface area contributed by atoms with E-state index in [0.29, 0.717) is 33.1 Å². The lowest BCUT2D eigenvalue weighted by Gasteiger charge is -2.14. The molecule has 9 heteroatoms. The monoisotopic (exact) mass is 451 g/mol. The number of carbonyl (C=O) groups excluding carboxylic acids is 1. The van der Waals surface area contributed by atoms with E-state index >= 15 is 0 Å². The zero-order valence-electron chi connectivity index (χ0n) is 16.4. The van der Waals surface area contributed by atoms with Crippen LogP contribution >= 0.6 is 11.6 Å². The van der Waals surface area contributed by atoms with Crippen LogP contribution in [0, 0.1) is 12.7 Å². The molecule has 0 spiro atoms. The van der Waals surface area contributed by atoms with Crippen LogP contribution in [0.4, 0.5) is 28.9 Å². The number of hydrogen-bond acceptors (Lipinski definition) is 3. The minimum Gasteiger partial charge on any atom is -0.381 e. The highest BCUT2D eigenvalue weighted by atomic mass is 35.5. The van der Waals surface area contributed by atoms with Gasteiger partial charge in [-0.15, -0.1) is 0 Å². The predicted molar refractivity (Wildman–Crippen MR) is 111 cm³/mol. The maximum Gasteiger partial charge on any atom is 0.433 e. The fraction of sp³-hybridized carbons (Fsp3) is 0.182. The molecule has 31 heavy (non-hydrogen) atoms. The second kappa shape index (κ2) is 9.34. The zero-order chi connectivity index (χ0) is 22.6. The van der Waals surface area contributed by atoms with Gasteiger partial charge in [-0.25, -0.2) is 4.39 Å². The molecule has 0 atom stereocenters. The van der Waals surface area contributed by atoms with Gasteiger partial charge in [0.1, 0.15) is 11.5 Å². The van der Waals surface area contributed by atoms with Gasteiger partial charge >= 0.3 is 6.18 Å². The van der Waals surface area contributed by atoms with Gasteiger partial charge < -0.3 is 10.6 Å². The Morgan fingerprint density at radius 1 is 1.10 bits per heavy atom. The number of rotatable bonds is 6. The van der Waals surface area contributed by atoms with Crippen molar-refractivity contribution in [2.24, 2.45) is 0 Å². The van der Waals surface area contributed by atoms with Gasteiger partial charge in [0.15, 0.2) is 0 Å². The fourth-order valence-electron chi connectivity index (χ4n) is 2.92. The summed E-state index contributed by atoms with van der Waals surface area (Å²) < 4.78 is 51.0. The van der Waals surface area contributed by atoms with Crippen LogP contribution in [0.2, 0.25) is 5.02 Å². The van der Waals surface area contributed by atoms with Gasteiger partial charge in [0.2, 0.25) is 5.91 Å². The van der Waals surface area contributed by atoms with Crippen molar-refractivity contribution in [3.8, 4) is 0 Å². The third-order valence-electron chi connectivity index (χ3n) is 4.42. The summed E-state index contributed by atoms with van der Waals surface area (Å²) in [6.45, 7) is 2.00. The smallest absolute Gasteiger partial charge is 0.381 e. The molecule has 1 heterocycles. The summed E-state index contributed by atoms with van der Waals surface area (Å²) >= 11 is 6.31. The molecule has 1 amide bonds. The Kier molecular flexibility index (Phi) is 6.80. The van der Waals surface area contributed by atoms with Crippen molar-refractivity contribution in [3.63, 3.8) is 0 Å².